The fourth-order valence-corrected chi connectivity index (χ4v) is 5.54. The van der Waals surface area contributed by atoms with Gasteiger partial charge < -0.3 is 18.9 Å². The lowest BCUT2D eigenvalue weighted by Gasteiger charge is -2.28. The summed E-state index contributed by atoms with van der Waals surface area (Å²) in [4.78, 5) is 11.0. The van der Waals surface area contributed by atoms with E-state index in [1.54, 1.807) is 43.5 Å². The number of morpholine rings is 1. The molecule has 0 radical (unpaired) electrons. The third-order valence-corrected chi connectivity index (χ3v) is 7.83. The van der Waals surface area contributed by atoms with Crippen molar-refractivity contribution >= 4 is 15.7 Å². The van der Waals surface area contributed by atoms with E-state index in [0.717, 1.165) is 0 Å². The highest BCUT2D eigenvalue weighted by atomic mass is 32.2. The number of ether oxygens (including phenoxy) is 4. The van der Waals surface area contributed by atoms with Crippen LogP contribution in [0, 0.1) is 10.1 Å². The van der Waals surface area contributed by atoms with Gasteiger partial charge in [-0.05, 0) is 36.4 Å². The summed E-state index contributed by atoms with van der Waals surface area (Å²) in [5.41, 5.74) is 0.798. The Labute approximate surface area is 201 Å². The molecule has 1 saturated heterocycles. The number of nitro benzene ring substituents is 1. The lowest BCUT2D eigenvalue weighted by atomic mass is 9.96. The summed E-state index contributed by atoms with van der Waals surface area (Å²) >= 11 is 0. The SMILES string of the molecule is COc1ccc(C2(c3cccc([N+](=O)[O-])c3)Oc3ccc(S(=O)(=O)N4CCOCC4)cc3O2)cc1. The van der Waals surface area contributed by atoms with Crippen molar-refractivity contribution < 1.29 is 32.3 Å². The Hall–Kier alpha value is -3.67. The van der Waals surface area contributed by atoms with E-state index in [0.29, 0.717) is 35.8 Å². The molecular formula is C24H22N2O8S. The normalized spacial score (nSPS) is 19.9. The van der Waals surface area contributed by atoms with Gasteiger partial charge in [0.05, 0.1) is 30.1 Å². The molecule has 1 atom stereocenters. The highest BCUT2D eigenvalue weighted by molar-refractivity contribution is 7.89. The first kappa shape index (κ1) is 23.1. The van der Waals surface area contributed by atoms with Crippen LogP contribution in [0.15, 0.2) is 71.6 Å². The van der Waals surface area contributed by atoms with Gasteiger partial charge in [0.25, 0.3) is 5.69 Å². The molecule has 0 aliphatic carbocycles. The van der Waals surface area contributed by atoms with E-state index in [4.69, 9.17) is 18.9 Å². The predicted molar refractivity (Wildman–Crippen MR) is 124 cm³/mol. The van der Waals surface area contributed by atoms with Crippen LogP contribution in [0.1, 0.15) is 11.1 Å². The van der Waals surface area contributed by atoms with Gasteiger partial charge in [-0.3, -0.25) is 10.1 Å². The summed E-state index contributed by atoms with van der Waals surface area (Å²) in [6.45, 7) is 1.19. The smallest absolute Gasteiger partial charge is 0.305 e. The quantitative estimate of drug-likeness (QED) is 0.375. The first-order chi connectivity index (χ1) is 16.8. The largest absolute Gasteiger partial charge is 0.497 e. The van der Waals surface area contributed by atoms with Crippen LogP contribution in [0.3, 0.4) is 0 Å². The van der Waals surface area contributed by atoms with Gasteiger partial charge in [-0.1, -0.05) is 12.1 Å². The number of rotatable bonds is 6. The topological polar surface area (TPSA) is 117 Å². The van der Waals surface area contributed by atoms with Gasteiger partial charge in [0.15, 0.2) is 11.5 Å². The highest BCUT2D eigenvalue weighted by Crippen LogP contribution is 2.49. The van der Waals surface area contributed by atoms with Gasteiger partial charge >= 0.3 is 5.79 Å². The number of fused-ring (bicyclic) bond motifs is 1. The standard InChI is InChI=1S/C24H22N2O8S/c1-31-20-7-5-17(6-8-20)24(18-3-2-4-19(15-18)26(27)28)33-22-10-9-21(16-23(22)34-24)35(29,30)25-11-13-32-14-12-25/h2-10,15-16H,11-14H2,1H3. The van der Waals surface area contributed by atoms with Gasteiger partial charge in [-0.25, -0.2) is 8.42 Å². The van der Waals surface area contributed by atoms with Crippen molar-refractivity contribution in [3.8, 4) is 17.2 Å². The number of benzene rings is 3. The van der Waals surface area contributed by atoms with Gasteiger partial charge in [0.1, 0.15) is 5.75 Å². The maximum Gasteiger partial charge on any atom is 0.305 e. The maximum absolute atomic E-state index is 13.2. The average Bonchev–Trinajstić information content (AvgIpc) is 3.29. The molecule has 1 unspecified atom stereocenters. The number of hydrogen-bond acceptors (Lipinski definition) is 8. The summed E-state index contributed by atoms with van der Waals surface area (Å²) in [6, 6.07) is 17.3. The lowest BCUT2D eigenvalue weighted by molar-refractivity contribution is -0.385. The maximum atomic E-state index is 13.2. The fourth-order valence-electron chi connectivity index (χ4n) is 4.12. The first-order valence-electron chi connectivity index (χ1n) is 10.8. The van der Waals surface area contributed by atoms with Crippen LogP contribution in [0.25, 0.3) is 0 Å². The fraction of sp³-hybridized carbons (Fsp3) is 0.250. The Balaban J connectivity index is 1.58. The van der Waals surface area contributed by atoms with Gasteiger partial charge in [0.2, 0.25) is 10.0 Å². The molecule has 35 heavy (non-hydrogen) atoms. The molecule has 3 aromatic carbocycles. The monoisotopic (exact) mass is 498 g/mol. The Morgan fingerprint density at radius 2 is 1.66 bits per heavy atom. The van der Waals surface area contributed by atoms with Gasteiger partial charge in [-0.2, -0.15) is 4.31 Å². The molecule has 3 aromatic rings. The number of nitrogens with zero attached hydrogens (tertiary/aromatic N) is 2. The molecule has 0 N–H and O–H groups in total. The molecule has 0 saturated carbocycles. The minimum atomic E-state index is -3.77. The lowest BCUT2D eigenvalue weighted by Crippen LogP contribution is -2.40. The summed E-state index contributed by atoms with van der Waals surface area (Å²) < 4.78 is 50.8. The summed E-state index contributed by atoms with van der Waals surface area (Å²) in [7, 11) is -2.22. The summed E-state index contributed by atoms with van der Waals surface area (Å²) in [5, 5.41) is 11.4. The van der Waals surface area contributed by atoms with E-state index in [-0.39, 0.29) is 29.4 Å². The molecule has 10 nitrogen and oxygen atoms in total. The molecule has 2 aliphatic rings. The van der Waals surface area contributed by atoms with Crippen molar-refractivity contribution in [1.82, 2.24) is 4.31 Å². The highest BCUT2D eigenvalue weighted by Gasteiger charge is 2.46. The average molecular weight is 499 g/mol. The number of hydrogen-bond donors (Lipinski definition) is 0. The Morgan fingerprint density at radius 1 is 0.943 bits per heavy atom. The second-order valence-corrected chi connectivity index (χ2v) is 9.92. The minimum absolute atomic E-state index is 0.0614. The van der Waals surface area contributed by atoms with Gasteiger partial charge in [-0.15, -0.1) is 0 Å². The molecule has 11 heteroatoms. The van der Waals surface area contributed by atoms with Crippen LogP contribution in [0.5, 0.6) is 17.2 Å². The third-order valence-electron chi connectivity index (χ3n) is 5.94. The van der Waals surface area contributed by atoms with E-state index in [9.17, 15) is 18.5 Å². The van der Waals surface area contributed by atoms with Crippen LogP contribution in [-0.2, 0) is 20.5 Å². The van der Waals surface area contributed by atoms with Crippen LogP contribution in [0.4, 0.5) is 5.69 Å². The number of methoxy groups -OCH3 is 1. The zero-order valence-corrected chi connectivity index (χ0v) is 19.6. The summed E-state index contributed by atoms with van der Waals surface area (Å²) in [6.07, 6.45) is 0. The van der Waals surface area contributed by atoms with E-state index < -0.39 is 20.7 Å². The molecule has 0 bridgehead atoms. The van der Waals surface area contributed by atoms with Crippen LogP contribution >= 0.6 is 0 Å². The van der Waals surface area contributed by atoms with E-state index in [2.05, 4.69) is 0 Å². The van der Waals surface area contributed by atoms with Crippen molar-refractivity contribution in [1.29, 1.82) is 0 Å². The first-order valence-corrected chi connectivity index (χ1v) is 12.3. The van der Waals surface area contributed by atoms with Crippen LogP contribution < -0.4 is 14.2 Å². The van der Waals surface area contributed by atoms with Crippen molar-refractivity contribution in [3.05, 3.63) is 88.0 Å². The van der Waals surface area contributed by atoms with E-state index in [1.165, 1.54) is 34.6 Å². The molecule has 1 fully saturated rings. The Kier molecular flexibility index (Phi) is 5.83. The Morgan fingerprint density at radius 3 is 2.34 bits per heavy atom. The Bertz CT molecular complexity index is 1370. The zero-order chi connectivity index (χ0) is 24.6. The second kappa shape index (κ2) is 8.84. The number of sulfonamides is 1. The zero-order valence-electron chi connectivity index (χ0n) is 18.7. The van der Waals surface area contributed by atoms with Crippen molar-refractivity contribution in [2.45, 2.75) is 10.7 Å². The minimum Gasteiger partial charge on any atom is -0.497 e. The van der Waals surface area contributed by atoms with Crippen LogP contribution in [0.2, 0.25) is 0 Å². The molecule has 2 heterocycles. The molecule has 0 spiro atoms. The molecule has 0 amide bonds. The second-order valence-electron chi connectivity index (χ2n) is 7.98. The molecule has 5 rings (SSSR count). The van der Waals surface area contributed by atoms with Crippen molar-refractivity contribution in [3.63, 3.8) is 0 Å². The van der Waals surface area contributed by atoms with E-state index in [1.807, 2.05) is 0 Å². The molecular weight excluding hydrogens is 476 g/mol. The van der Waals surface area contributed by atoms with E-state index >= 15 is 0 Å². The molecule has 182 valence electrons. The van der Waals surface area contributed by atoms with Crippen LogP contribution in [-0.4, -0.2) is 51.1 Å². The molecule has 2 aliphatic heterocycles. The molecule has 0 aromatic heterocycles. The van der Waals surface area contributed by atoms with Crippen molar-refractivity contribution in [2.24, 2.45) is 0 Å². The number of non-ortho nitro benzene ring substituents is 1. The van der Waals surface area contributed by atoms with Crippen molar-refractivity contribution in [2.75, 3.05) is 33.4 Å². The third kappa shape index (κ3) is 4.07. The predicted octanol–water partition coefficient (Wildman–Crippen LogP) is 3.30. The van der Waals surface area contributed by atoms with Gasteiger partial charge in [0, 0.05) is 42.4 Å². The summed E-state index contributed by atoms with van der Waals surface area (Å²) in [5.74, 6) is -0.436. The number of nitro groups is 1.